The summed E-state index contributed by atoms with van der Waals surface area (Å²) in [5.74, 6) is 0.910. The number of hydrogen-bond acceptors (Lipinski definition) is 2. The molecule has 1 aromatic rings. The molecule has 4 heteroatoms. The summed E-state index contributed by atoms with van der Waals surface area (Å²) in [7, 11) is 0. The molecule has 78 valence electrons. The fourth-order valence-electron chi connectivity index (χ4n) is 0.917. The Hall–Kier alpha value is 0.280. The Kier molecular flexibility index (Phi) is 10.0. The van der Waals surface area contributed by atoms with Gasteiger partial charge in [0.25, 0.3) is 0 Å². The molecule has 0 spiro atoms. The number of nitrogens with zero attached hydrogens (tertiary/aromatic N) is 2. The highest BCUT2D eigenvalue weighted by Crippen LogP contribution is 1.99. The third kappa shape index (κ3) is 5.90. The van der Waals surface area contributed by atoms with Gasteiger partial charge in [-0.05, 0) is 18.6 Å². The van der Waals surface area contributed by atoms with Gasteiger partial charge in [-0.15, -0.1) is 0 Å². The summed E-state index contributed by atoms with van der Waals surface area (Å²) < 4.78 is 0. The van der Waals surface area contributed by atoms with E-state index in [4.69, 9.17) is 0 Å². The molecule has 1 aromatic heterocycles. The van der Waals surface area contributed by atoms with Crippen molar-refractivity contribution in [3.05, 3.63) is 29.9 Å². The maximum absolute atomic E-state index is 4.33. The molecule has 0 bridgehead atoms. The fraction of sp³-hybridized carbons (Fsp3) is 0.400. The monoisotopic (exact) mass is 416 g/mol. The first-order valence-electron chi connectivity index (χ1n) is 4.49. The Labute approximate surface area is 109 Å². The van der Waals surface area contributed by atoms with Gasteiger partial charge in [0.1, 0.15) is 5.82 Å². The van der Waals surface area contributed by atoms with Crippen LogP contribution in [-0.2, 0) is 6.42 Å². The van der Waals surface area contributed by atoms with E-state index < -0.39 is 0 Å². The SMILES string of the molecule is CC/C=C/c1ccnc(CC)n1.II. The van der Waals surface area contributed by atoms with Crippen LogP contribution in [0.25, 0.3) is 6.08 Å². The zero-order valence-corrected chi connectivity index (χ0v) is 12.7. The lowest BCUT2D eigenvalue weighted by Gasteiger charge is -1.95. The summed E-state index contributed by atoms with van der Waals surface area (Å²) in [6.45, 7) is 4.17. The Morgan fingerprint density at radius 1 is 1.36 bits per heavy atom. The van der Waals surface area contributed by atoms with Crippen molar-refractivity contribution in [2.45, 2.75) is 26.7 Å². The minimum absolute atomic E-state index is 0.897. The van der Waals surface area contributed by atoms with Crippen molar-refractivity contribution < 1.29 is 0 Å². The maximum Gasteiger partial charge on any atom is 0.128 e. The lowest BCUT2D eigenvalue weighted by molar-refractivity contribution is 0.933. The predicted octanol–water partition coefficient (Wildman–Crippen LogP) is 4.23. The Morgan fingerprint density at radius 3 is 2.64 bits per heavy atom. The standard InChI is InChI=1S/C10H14N2.I2/c1-3-5-6-9-7-8-11-10(4-2)12-9;1-2/h5-8H,3-4H2,1-2H3;/b6-5+;. The van der Waals surface area contributed by atoms with Gasteiger partial charge in [0.15, 0.2) is 0 Å². The van der Waals surface area contributed by atoms with E-state index in [0.29, 0.717) is 0 Å². The van der Waals surface area contributed by atoms with Gasteiger partial charge in [-0.1, -0.05) is 19.9 Å². The van der Waals surface area contributed by atoms with Crippen LogP contribution in [0.1, 0.15) is 31.8 Å². The summed E-state index contributed by atoms with van der Waals surface area (Å²) >= 11 is 4.24. The topological polar surface area (TPSA) is 25.8 Å². The highest BCUT2D eigenvalue weighted by atomic mass is 128. The average Bonchev–Trinajstić information content (AvgIpc) is 2.29. The molecule has 0 aliphatic heterocycles. The Morgan fingerprint density at radius 2 is 2.07 bits per heavy atom. The summed E-state index contributed by atoms with van der Waals surface area (Å²) in [5, 5.41) is 0. The van der Waals surface area contributed by atoms with Gasteiger partial charge < -0.3 is 0 Å². The maximum atomic E-state index is 4.33. The van der Waals surface area contributed by atoms with Gasteiger partial charge in [0.05, 0.1) is 5.69 Å². The van der Waals surface area contributed by atoms with E-state index in [1.165, 1.54) is 0 Å². The zero-order chi connectivity index (χ0) is 10.8. The molecule has 14 heavy (non-hydrogen) atoms. The predicted molar refractivity (Wildman–Crippen MR) is 78.8 cm³/mol. The van der Waals surface area contributed by atoms with Crippen molar-refractivity contribution in [2.75, 3.05) is 0 Å². The smallest absolute Gasteiger partial charge is 0.128 e. The molecule has 0 aliphatic rings. The second kappa shape index (κ2) is 9.82. The molecule has 0 saturated heterocycles. The van der Waals surface area contributed by atoms with Crippen molar-refractivity contribution >= 4 is 43.3 Å². The molecular formula is C10H14I2N2. The number of hydrogen-bond donors (Lipinski definition) is 0. The number of halogens is 2. The first-order chi connectivity index (χ1) is 6.86. The fourth-order valence-corrected chi connectivity index (χ4v) is 0.917. The Balaban J connectivity index is 0.000000791. The molecule has 1 rings (SSSR count). The number of aryl methyl sites for hydroxylation is 1. The van der Waals surface area contributed by atoms with Crippen LogP contribution in [0.3, 0.4) is 0 Å². The third-order valence-electron chi connectivity index (χ3n) is 1.57. The van der Waals surface area contributed by atoms with E-state index in [2.05, 4.69) is 67.1 Å². The van der Waals surface area contributed by atoms with Gasteiger partial charge in [-0.25, -0.2) is 9.97 Å². The van der Waals surface area contributed by atoms with E-state index in [-0.39, 0.29) is 0 Å². The molecule has 0 aromatic carbocycles. The normalized spacial score (nSPS) is 9.71. The molecule has 0 unspecified atom stereocenters. The molecule has 0 fully saturated rings. The molecule has 1 heterocycles. The van der Waals surface area contributed by atoms with Crippen molar-refractivity contribution in [1.82, 2.24) is 9.97 Å². The average molecular weight is 416 g/mol. The zero-order valence-electron chi connectivity index (χ0n) is 8.37. The minimum atomic E-state index is 0.897. The molecule has 0 N–H and O–H groups in total. The highest BCUT2D eigenvalue weighted by molar-refractivity contribution is 15.0. The third-order valence-corrected chi connectivity index (χ3v) is 1.57. The van der Waals surface area contributed by atoms with E-state index in [9.17, 15) is 0 Å². The van der Waals surface area contributed by atoms with E-state index in [1.807, 2.05) is 12.1 Å². The molecule has 0 radical (unpaired) electrons. The summed E-state index contributed by atoms with van der Waals surface area (Å²) in [6.07, 6.45) is 7.88. The second-order valence-corrected chi connectivity index (χ2v) is 2.56. The molecule has 2 nitrogen and oxygen atoms in total. The Bertz CT molecular complexity index is 275. The van der Waals surface area contributed by atoms with Gasteiger partial charge >= 0.3 is 0 Å². The first-order valence-corrected chi connectivity index (χ1v) is 10.8. The van der Waals surface area contributed by atoms with Gasteiger partial charge in [0.2, 0.25) is 0 Å². The number of allylic oxidation sites excluding steroid dienone is 1. The van der Waals surface area contributed by atoms with E-state index in [1.54, 1.807) is 6.20 Å². The van der Waals surface area contributed by atoms with Crippen LogP contribution in [0.5, 0.6) is 0 Å². The van der Waals surface area contributed by atoms with Crippen LogP contribution in [0, 0.1) is 0 Å². The lowest BCUT2D eigenvalue weighted by Crippen LogP contribution is -1.92. The highest BCUT2D eigenvalue weighted by Gasteiger charge is 1.91. The second-order valence-electron chi connectivity index (χ2n) is 2.56. The van der Waals surface area contributed by atoms with E-state index in [0.717, 1.165) is 24.4 Å². The largest absolute Gasteiger partial charge is 0.241 e. The molecular weight excluding hydrogens is 402 g/mol. The van der Waals surface area contributed by atoms with Crippen LogP contribution in [0.15, 0.2) is 18.3 Å². The quantitative estimate of drug-likeness (QED) is 0.690. The van der Waals surface area contributed by atoms with Crippen LogP contribution in [0.4, 0.5) is 0 Å². The first kappa shape index (κ1) is 14.3. The van der Waals surface area contributed by atoms with Crippen molar-refractivity contribution in [3.8, 4) is 0 Å². The summed E-state index contributed by atoms with van der Waals surface area (Å²) in [4.78, 5) is 8.45. The van der Waals surface area contributed by atoms with Crippen LogP contribution >= 0.6 is 37.2 Å². The van der Waals surface area contributed by atoms with Crippen LogP contribution in [0.2, 0.25) is 0 Å². The number of rotatable bonds is 3. The summed E-state index contributed by atoms with van der Waals surface area (Å²) in [5.41, 5.74) is 1.00. The molecule has 0 amide bonds. The van der Waals surface area contributed by atoms with Gasteiger partial charge in [0, 0.05) is 49.8 Å². The van der Waals surface area contributed by atoms with Crippen LogP contribution < -0.4 is 0 Å². The van der Waals surface area contributed by atoms with Crippen molar-refractivity contribution in [3.63, 3.8) is 0 Å². The van der Waals surface area contributed by atoms with Crippen molar-refractivity contribution in [1.29, 1.82) is 0 Å². The van der Waals surface area contributed by atoms with Crippen molar-refractivity contribution in [2.24, 2.45) is 0 Å². The summed E-state index contributed by atoms with van der Waals surface area (Å²) in [6, 6.07) is 1.92. The molecule has 0 saturated carbocycles. The molecule has 0 aliphatic carbocycles. The lowest BCUT2D eigenvalue weighted by atomic mass is 10.3. The van der Waals surface area contributed by atoms with E-state index >= 15 is 0 Å². The molecule has 0 atom stereocenters. The van der Waals surface area contributed by atoms with Gasteiger partial charge in [-0.2, -0.15) is 0 Å². The minimum Gasteiger partial charge on any atom is -0.241 e. The van der Waals surface area contributed by atoms with Gasteiger partial charge in [-0.3, -0.25) is 0 Å². The number of aromatic nitrogens is 2. The van der Waals surface area contributed by atoms with Crippen LogP contribution in [-0.4, -0.2) is 9.97 Å².